The Balaban J connectivity index is 2.41. The maximum Gasteiger partial charge on any atom is 0.331 e. The highest BCUT2D eigenvalue weighted by atomic mass is 35.5. The van der Waals surface area contributed by atoms with Crippen LogP contribution in [-0.4, -0.2) is 24.5 Å². The molecule has 21 heavy (non-hydrogen) atoms. The first-order valence-corrected chi connectivity index (χ1v) is 7.16. The summed E-state index contributed by atoms with van der Waals surface area (Å²) in [7, 11) is 0. The van der Waals surface area contributed by atoms with Crippen LogP contribution in [0.2, 0.25) is 5.02 Å². The van der Waals surface area contributed by atoms with Crippen molar-refractivity contribution in [2.75, 3.05) is 6.61 Å². The Kier molecular flexibility index (Phi) is 6.96. The Morgan fingerprint density at radius 1 is 1.29 bits per heavy atom. The van der Waals surface area contributed by atoms with Gasteiger partial charge in [0.2, 0.25) is 0 Å². The summed E-state index contributed by atoms with van der Waals surface area (Å²) in [6.07, 6.45) is 2.81. The van der Waals surface area contributed by atoms with Gasteiger partial charge in [-0.3, -0.25) is 4.79 Å². The molecule has 0 aliphatic carbocycles. The summed E-state index contributed by atoms with van der Waals surface area (Å²) in [6.45, 7) is 5.62. The van der Waals surface area contributed by atoms with E-state index < -0.39 is 5.97 Å². The molecule has 1 aromatic rings. The molecule has 0 heterocycles. The molecule has 4 nitrogen and oxygen atoms in total. The third-order valence-corrected chi connectivity index (χ3v) is 3.38. The normalized spacial score (nSPS) is 12.4. The summed E-state index contributed by atoms with van der Waals surface area (Å²) in [6, 6.07) is 7.17. The minimum Gasteiger partial charge on any atom is -0.452 e. The zero-order valence-electron chi connectivity index (χ0n) is 12.4. The monoisotopic (exact) mass is 309 g/mol. The van der Waals surface area contributed by atoms with Gasteiger partial charge in [0, 0.05) is 17.1 Å². The summed E-state index contributed by atoms with van der Waals surface area (Å²) in [5, 5.41) is 3.30. The van der Waals surface area contributed by atoms with Crippen LogP contribution in [0.4, 0.5) is 0 Å². The standard InChI is InChI=1S/C16H20ClNO3/c1-11(2)12(3)18-15(19)10-21-16(20)9-8-13-6-4-5-7-14(13)17/h4-9,11-12H,10H2,1-3H3,(H,18,19)/b9-8+/t12-/m1/s1. The lowest BCUT2D eigenvalue weighted by molar-refractivity contribution is -0.144. The smallest absolute Gasteiger partial charge is 0.331 e. The third-order valence-electron chi connectivity index (χ3n) is 3.04. The van der Waals surface area contributed by atoms with Crippen molar-refractivity contribution in [2.45, 2.75) is 26.8 Å². The molecule has 5 heteroatoms. The molecule has 0 saturated carbocycles. The van der Waals surface area contributed by atoms with Crippen molar-refractivity contribution < 1.29 is 14.3 Å². The second kappa shape index (κ2) is 8.47. The van der Waals surface area contributed by atoms with Crippen LogP contribution in [-0.2, 0) is 14.3 Å². The fraction of sp³-hybridized carbons (Fsp3) is 0.375. The molecule has 0 unspecified atom stereocenters. The van der Waals surface area contributed by atoms with Gasteiger partial charge in [-0.05, 0) is 30.5 Å². The molecular formula is C16H20ClNO3. The fourth-order valence-corrected chi connectivity index (χ4v) is 1.61. The average molecular weight is 310 g/mol. The molecule has 1 N–H and O–H groups in total. The van der Waals surface area contributed by atoms with Gasteiger partial charge < -0.3 is 10.1 Å². The number of halogens is 1. The highest BCUT2D eigenvalue weighted by Crippen LogP contribution is 2.16. The van der Waals surface area contributed by atoms with Gasteiger partial charge in [-0.1, -0.05) is 43.6 Å². The van der Waals surface area contributed by atoms with Gasteiger partial charge in [0.25, 0.3) is 5.91 Å². The van der Waals surface area contributed by atoms with Crippen LogP contribution in [0.5, 0.6) is 0 Å². The van der Waals surface area contributed by atoms with Gasteiger partial charge in [-0.25, -0.2) is 4.79 Å². The molecular weight excluding hydrogens is 290 g/mol. The fourth-order valence-electron chi connectivity index (χ4n) is 1.42. The first-order chi connectivity index (χ1) is 9.90. The molecule has 0 fully saturated rings. The van der Waals surface area contributed by atoms with Crippen LogP contribution in [0.15, 0.2) is 30.3 Å². The van der Waals surface area contributed by atoms with Crippen molar-refractivity contribution in [1.29, 1.82) is 0 Å². The predicted molar refractivity (Wildman–Crippen MR) is 83.9 cm³/mol. The summed E-state index contributed by atoms with van der Waals surface area (Å²) >= 11 is 5.95. The summed E-state index contributed by atoms with van der Waals surface area (Å²) < 4.78 is 4.87. The van der Waals surface area contributed by atoms with Crippen LogP contribution >= 0.6 is 11.6 Å². The average Bonchev–Trinajstić information content (AvgIpc) is 2.44. The van der Waals surface area contributed by atoms with E-state index >= 15 is 0 Å². The van der Waals surface area contributed by atoms with E-state index in [1.807, 2.05) is 26.8 Å². The second-order valence-electron chi connectivity index (χ2n) is 5.06. The molecule has 0 saturated heterocycles. The first kappa shape index (κ1) is 17.2. The highest BCUT2D eigenvalue weighted by molar-refractivity contribution is 6.32. The third kappa shape index (κ3) is 6.45. The van der Waals surface area contributed by atoms with E-state index in [1.54, 1.807) is 24.3 Å². The quantitative estimate of drug-likeness (QED) is 0.649. The van der Waals surface area contributed by atoms with E-state index in [0.29, 0.717) is 16.5 Å². The van der Waals surface area contributed by atoms with Crippen molar-refractivity contribution in [3.05, 3.63) is 40.9 Å². The van der Waals surface area contributed by atoms with Crippen LogP contribution < -0.4 is 5.32 Å². The van der Waals surface area contributed by atoms with Crippen molar-refractivity contribution in [3.8, 4) is 0 Å². The topological polar surface area (TPSA) is 55.4 Å². The number of amides is 1. The van der Waals surface area contributed by atoms with Gasteiger partial charge in [0.15, 0.2) is 6.61 Å². The van der Waals surface area contributed by atoms with Gasteiger partial charge >= 0.3 is 5.97 Å². The van der Waals surface area contributed by atoms with Crippen LogP contribution in [0, 0.1) is 5.92 Å². The number of carbonyl (C=O) groups excluding carboxylic acids is 2. The Hall–Kier alpha value is -1.81. The molecule has 0 radical (unpaired) electrons. The van der Waals surface area contributed by atoms with E-state index in [1.165, 1.54) is 6.08 Å². The Bertz CT molecular complexity index is 526. The number of hydrogen-bond donors (Lipinski definition) is 1. The maximum atomic E-state index is 11.6. The molecule has 0 bridgehead atoms. The Morgan fingerprint density at radius 3 is 2.57 bits per heavy atom. The van der Waals surface area contributed by atoms with Crippen LogP contribution in [0.1, 0.15) is 26.3 Å². The van der Waals surface area contributed by atoms with Crippen molar-refractivity contribution in [3.63, 3.8) is 0 Å². The van der Waals surface area contributed by atoms with Gasteiger partial charge in [-0.15, -0.1) is 0 Å². The zero-order chi connectivity index (χ0) is 15.8. The summed E-state index contributed by atoms with van der Waals surface area (Å²) in [5.74, 6) is -0.567. The van der Waals surface area contributed by atoms with E-state index in [-0.39, 0.29) is 18.6 Å². The molecule has 1 rings (SSSR count). The lowest BCUT2D eigenvalue weighted by Crippen LogP contribution is -2.38. The van der Waals surface area contributed by atoms with Crippen molar-refractivity contribution in [1.82, 2.24) is 5.32 Å². The number of esters is 1. The predicted octanol–water partition coefficient (Wildman–Crippen LogP) is 3.06. The summed E-state index contributed by atoms with van der Waals surface area (Å²) in [4.78, 5) is 23.1. The first-order valence-electron chi connectivity index (χ1n) is 6.79. The van der Waals surface area contributed by atoms with Crippen LogP contribution in [0.25, 0.3) is 6.08 Å². The maximum absolute atomic E-state index is 11.6. The van der Waals surface area contributed by atoms with E-state index in [4.69, 9.17) is 16.3 Å². The molecule has 0 spiro atoms. The number of carbonyl (C=O) groups is 2. The van der Waals surface area contributed by atoms with Gasteiger partial charge in [0.05, 0.1) is 0 Å². The largest absolute Gasteiger partial charge is 0.452 e. The van der Waals surface area contributed by atoms with Crippen molar-refractivity contribution in [2.24, 2.45) is 5.92 Å². The molecule has 1 amide bonds. The molecule has 1 aromatic carbocycles. The zero-order valence-corrected chi connectivity index (χ0v) is 13.2. The number of hydrogen-bond acceptors (Lipinski definition) is 3. The van der Waals surface area contributed by atoms with E-state index in [0.717, 1.165) is 0 Å². The van der Waals surface area contributed by atoms with Gasteiger partial charge in [0.1, 0.15) is 0 Å². The summed E-state index contributed by atoms with van der Waals surface area (Å²) in [5.41, 5.74) is 0.717. The number of ether oxygens (including phenoxy) is 1. The highest BCUT2D eigenvalue weighted by Gasteiger charge is 2.11. The second-order valence-corrected chi connectivity index (χ2v) is 5.47. The Morgan fingerprint density at radius 2 is 1.95 bits per heavy atom. The lowest BCUT2D eigenvalue weighted by Gasteiger charge is -2.16. The molecule has 0 aromatic heterocycles. The molecule has 114 valence electrons. The molecule has 0 aliphatic heterocycles. The number of nitrogens with one attached hydrogen (secondary N) is 1. The minimum atomic E-state index is -0.581. The SMILES string of the molecule is CC(C)[C@@H](C)NC(=O)COC(=O)/C=C/c1ccccc1Cl. The Labute approximate surface area is 130 Å². The lowest BCUT2D eigenvalue weighted by atomic mass is 10.1. The van der Waals surface area contributed by atoms with Gasteiger partial charge in [-0.2, -0.15) is 0 Å². The molecule has 1 atom stereocenters. The molecule has 0 aliphatic rings. The van der Waals surface area contributed by atoms with Crippen LogP contribution in [0.3, 0.4) is 0 Å². The number of benzene rings is 1. The van der Waals surface area contributed by atoms with E-state index in [2.05, 4.69) is 5.32 Å². The van der Waals surface area contributed by atoms with Crippen molar-refractivity contribution >= 4 is 29.6 Å². The minimum absolute atomic E-state index is 0.0369. The number of rotatable bonds is 6. The van der Waals surface area contributed by atoms with E-state index in [9.17, 15) is 9.59 Å².